The summed E-state index contributed by atoms with van der Waals surface area (Å²) in [6.45, 7) is 5.79. The van der Waals surface area contributed by atoms with Crippen molar-refractivity contribution < 1.29 is 0 Å². The normalized spacial score (nSPS) is 9.64. The molecule has 1 heterocycles. The average Bonchev–Trinajstić information content (AvgIpc) is 2.05. The third-order valence-corrected chi connectivity index (χ3v) is 2.02. The van der Waals surface area contributed by atoms with E-state index >= 15 is 0 Å². The Morgan fingerprint density at radius 1 is 1.55 bits per heavy atom. The summed E-state index contributed by atoms with van der Waals surface area (Å²) in [6.07, 6.45) is 2.02. The highest BCUT2D eigenvalue weighted by Crippen LogP contribution is 2.14. The van der Waals surface area contributed by atoms with Crippen molar-refractivity contribution in [2.24, 2.45) is 0 Å². The fourth-order valence-electron chi connectivity index (χ4n) is 0.766. The molecule has 0 aliphatic carbocycles. The monoisotopic (exact) mass is 165 g/mol. The van der Waals surface area contributed by atoms with Crippen LogP contribution < -0.4 is 0 Å². The minimum absolute atomic E-state index is 0.983. The number of rotatable bonds is 2. The SMILES string of the molecule is C=C(C)c1cccc(SC)n1. The van der Waals surface area contributed by atoms with Crippen LogP contribution in [0.4, 0.5) is 0 Å². The lowest BCUT2D eigenvalue weighted by Crippen LogP contribution is -1.85. The van der Waals surface area contributed by atoms with Gasteiger partial charge in [-0.15, -0.1) is 11.8 Å². The first-order valence-corrected chi connectivity index (χ1v) is 4.63. The summed E-state index contributed by atoms with van der Waals surface area (Å²) < 4.78 is 0. The maximum Gasteiger partial charge on any atom is 0.0964 e. The van der Waals surface area contributed by atoms with E-state index in [1.54, 1.807) is 11.8 Å². The second kappa shape index (κ2) is 3.58. The zero-order chi connectivity index (χ0) is 8.27. The Morgan fingerprint density at radius 3 is 2.82 bits per heavy atom. The summed E-state index contributed by atoms with van der Waals surface area (Å²) in [4.78, 5) is 4.35. The molecule has 0 atom stereocenters. The summed E-state index contributed by atoms with van der Waals surface area (Å²) in [6, 6.07) is 5.97. The van der Waals surface area contributed by atoms with Gasteiger partial charge in [-0.05, 0) is 30.9 Å². The molecule has 0 N–H and O–H groups in total. The van der Waals surface area contributed by atoms with E-state index < -0.39 is 0 Å². The number of pyridine rings is 1. The first-order valence-electron chi connectivity index (χ1n) is 3.41. The van der Waals surface area contributed by atoms with Gasteiger partial charge in [0.2, 0.25) is 0 Å². The Morgan fingerprint density at radius 2 is 2.27 bits per heavy atom. The molecule has 0 aromatic carbocycles. The van der Waals surface area contributed by atoms with Crippen LogP contribution in [0.15, 0.2) is 29.8 Å². The Balaban J connectivity index is 3.01. The van der Waals surface area contributed by atoms with Gasteiger partial charge in [0.1, 0.15) is 0 Å². The van der Waals surface area contributed by atoms with Crippen LogP contribution in [-0.2, 0) is 0 Å². The molecule has 1 rings (SSSR count). The van der Waals surface area contributed by atoms with E-state index in [1.165, 1.54) is 0 Å². The lowest BCUT2D eigenvalue weighted by Gasteiger charge is -1.99. The van der Waals surface area contributed by atoms with Crippen LogP contribution in [0.1, 0.15) is 12.6 Å². The number of hydrogen-bond donors (Lipinski definition) is 0. The number of allylic oxidation sites excluding steroid dienone is 1. The van der Waals surface area contributed by atoms with Gasteiger partial charge in [0, 0.05) is 0 Å². The van der Waals surface area contributed by atoms with Crippen LogP contribution in [0.25, 0.3) is 5.57 Å². The molecule has 0 aliphatic heterocycles. The molecule has 0 saturated carbocycles. The zero-order valence-corrected chi connectivity index (χ0v) is 7.61. The lowest BCUT2D eigenvalue weighted by atomic mass is 10.2. The van der Waals surface area contributed by atoms with Crippen LogP contribution in [0.3, 0.4) is 0 Å². The van der Waals surface area contributed by atoms with Gasteiger partial charge in [-0.1, -0.05) is 12.6 Å². The van der Waals surface area contributed by atoms with Crippen molar-refractivity contribution in [3.8, 4) is 0 Å². The topological polar surface area (TPSA) is 12.9 Å². The molecule has 11 heavy (non-hydrogen) atoms. The molecule has 58 valence electrons. The third kappa shape index (κ3) is 2.09. The van der Waals surface area contributed by atoms with E-state index in [0.717, 1.165) is 16.3 Å². The molecular formula is C9H11NS. The Bertz CT molecular complexity index is 268. The van der Waals surface area contributed by atoms with Gasteiger partial charge in [0.15, 0.2) is 0 Å². The van der Waals surface area contributed by atoms with E-state index in [0.29, 0.717) is 0 Å². The molecule has 0 amide bonds. The van der Waals surface area contributed by atoms with Crippen molar-refractivity contribution in [3.63, 3.8) is 0 Å². The molecule has 1 aromatic heterocycles. The van der Waals surface area contributed by atoms with Crippen molar-refractivity contribution in [1.82, 2.24) is 4.98 Å². The summed E-state index contributed by atoms with van der Waals surface area (Å²) in [7, 11) is 0. The van der Waals surface area contributed by atoms with Gasteiger partial charge in [0.25, 0.3) is 0 Å². The smallest absolute Gasteiger partial charge is 0.0964 e. The molecule has 2 heteroatoms. The number of hydrogen-bond acceptors (Lipinski definition) is 2. The molecule has 0 bridgehead atoms. The van der Waals surface area contributed by atoms with Gasteiger partial charge in [-0.3, -0.25) is 0 Å². The maximum absolute atomic E-state index is 4.35. The highest BCUT2D eigenvalue weighted by Gasteiger charge is 1.95. The molecule has 0 radical (unpaired) electrons. The van der Waals surface area contributed by atoms with Crippen molar-refractivity contribution in [1.29, 1.82) is 0 Å². The predicted molar refractivity (Wildman–Crippen MR) is 50.7 cm³/mol. The molecule has 1 nitrogen and oxygen atoms in total. The van der Waals surface area contributed by atoms with Gasteiger partial charge < -0.3 is 0 Å². The van der Waals surface area contributed by atoms with E-state index in [2.05, 4.69) is 11.6 Å². The second-order valence-electron chi connectivity index (χ2n) is 2.35. The molecular weight excluding hydrogens is 154 g/mol. The van der Waals surface area contributed by atoms with Crippen molar-refractivity contribution in [3.05, 3.63) is 30.5 Å². The van der Waals surface area contributed by atoms with Crippen LogP contribution >= 0.6 is 11.8 Å². The Hall–Kier alpha value is -0.760. The molecule has 0 saturated heterocycles. The van der Waals surface area contributed by atoms with Crippen LogP contribution in [0, 0.1) is 0 Å². The minimum Gasteiger partial charge on any atom is -0.242 e. The fourth-order valence-corrected chi connectivity index (χ4v) is 1.17. The van der Waals surface area contributed by atoms with Crippen LogP contribution in [0.2, 0.25) is 0 Å². The third-order valence-electron chi connectivity index (χ3n) is 1.37. The number of nitrogens with zero attached hydrogens (tertiary/aromatic N) is 1. The first kappa shape index (κ1) is 8.34. The highest BCUT2D eigenvalue weighted by molar-refractivity contribution is 7.98. The quantitative estimate of drug-likeness (QED) is 0.625. The molecule has 0 unspecified atom stereocenters. The predicted octanol–water partition coefficient (Wildman–Crippen LogP) is 2.84. The standard InChI is InChI=1S/C9H11NS/c1-7(2)8-5-4-6-9(10-8)11-3/h4-6H,1H2,2-3H3. The zero-order valence-electron chi connectivity index (χ0n) is 6.79. The van der Waals surface area contributed by atoms with Crippen molar-refractivity contribution in [2.45, 2.75) is 11.9 Å². The number of thioether (sulfide) groups is 1. The van der Waals surface area contributed by atoms with Crippen molar-refractivity contribution in [2.75, 3.05) is 6.26 Å². The second-order valence-corrected chi connectivity index (χ2v) is 3.17. The van der Waals surface area contributed by atoms with Crippen LogP contribution in [-0.4, -0.2) is 11.2 Å². The van der Waals surface area contributed by atoms with E-state index in [4.69, 9.17) is 0 Å². The van der Waals surface area contributed by atoms with E-state index in [9.17, 15) is 0 Å². The van der Waals surface area contributed by atoms with Gasteiger partial charge in [-0.2, -0.15) is 0 Å². The number of aromatic nitrogens is 1. The molecule has 0 fully saturated rings. The summed E-state index contributed by atoms with van der Waals surface area (Å²) >= 11 is 1.65. The van der Waals surface area contributed by atoms with Gasteiger partial charge in [0.05, 0.1) is 10.7 Å². The molecule has 0 spiro atoms. The first-order chi connectivity index (χ1) is 5.24. The van der Waals surface area contributed by atoms with Gasteiger partial charge >= 0.3 is 0 Å². The highest BCUT2D eigenvalue weighted by atomic mass is 32.2. The minimum atomic E-state index is 0.983. The van der Waals surface area contributed by atoms with Crippen LogP contribution in [0.5, 0.6) is 0 Å². The fraction of sp³-hybridized carbons (Fsp3) is 0.222. The molecule has 1 aromatic rings. The maximum atomic E-state index is 4.35. The summed E-state index contributed by atoms with van der Waals surface area (Å²) in [5.41, 5.74) is 2.00. The van der Waals surface area contributed by atoms with E-state index in [-0.39, 0.29) is 0 Å². The summed E-state index contributed by atoms with van der Waals surface area (Å²) in [5, 5.41) is 1.05. The van der Waals surface area contributed by atoms with Crippen molar-refractivity contribution >= 4 is 17.3 Å². The molecule has 0 aliphatic rings. The summed E-state index contributed by atoms with van der Waals surface area (Å²) in [5.74, 6) is 0. The lowest BCUT2D eigenvalue weighted by molar-refractivity contribution is 1.11. The van der Waals surface area contributed by atoms with E-state index in [1.807, 2.05) is 31.4 Å². The van der Waals surface area contributed by atoms with Gasteiger partial charge in [-0.25, -0.2) is 4.98 Å². The Kier molecular flexibility index (Phi) is 2.71. The largest absolute Gasteiger partial charge is 0.242 e. The average molecular weight is 165 g/mol. The Labute approximate surface area is 71.5 Å².